The first kappa shape index (κ1) is 28.2. The van der Waals surface area contributed by atoms with Crippen LogP contribution in [0.4, 0.5) is 13.2 Å². The van der Waals surface area contributed by atoms with Gasteiger partial charge in [0.15, 0.2) is 5.78 Å². The van der Waals surface area contributed by atoms with Crippen LogP contribution in [0.2, 0.25) is 0 Å². The number of ketones is 1. The summed E-state index contributed by atoms with van der Waals surface area (Å²) in [6, 6.07) is 18.8. The van der Waals surface area contributed by atoms with Crippen molar-refractivity contribution in [3.8, 4) is 0 Å². The molecular formula is C27H20BrF3N2O5S. The molecule has 0 fully saturated rings. The molecule has 1 N–H and O–H groups in total. The van der Waals surface area contributed by atoms with Gasteiger partial charge in [-0.05, 0) is 53.3 Å². The molecule has 3 aromatic carbocycles. The zero-order chi connectivity index (χ0) is 28.4. The van der Waals surface area contributed by atoms with Crippen LogP contribution < -0.4 is 10.3 Å². The highest BCUT2D eigenvalue weighted by molar-refractivity contribution is 9.10. The Morgan fingerprint density at radius 2 is 1.59 bits per heavy atom. The molecule has 0 unspecified atom stereocenters. The van der Waals surface area contributed by atoms with E-state index in [-0.39, 0.29) is 24.3 Å². The number of carbonyl (C=O) groups is 2. The van der Waals surface area contributed by atoms with Crippen LogP contribution in [0.25, 0.3) is 10.8 Å². The van der Waals surface area contributed by atoms with Crippen LogP contribution in [0.3, 0.4) is 0 Å². The van der Waals surface area contributed by atoms with Gasteiger partial charge in [-0.25, -0.2) is 13.1 Å². The van der Waals surface area contributed by atoms with E-state index in [2.05, 4.69) is 15.9 Å². The normalized spacial score (nSPS) is 11.9. The van der Waals surface area contributed by atoms with Crippen molar-refractivity contribution in [2.75, 3.05) is 0 Å². The first-order valence-corrected chi connectivity index (χ1v) is 13.8. The predicted octanol–water partition coefficient (Wildman–Crippen LogP) is 5.00. The molecule has 202 valence electrons. The van der Waals surface area contributed by atoms with E-state index in [9.17, 15) is 36.0 Å². The lowest BCUT2D eigenvalue weighted by molar-refractivity contribution is -0.171. The second-order valence-corrected chi connectivity index (χ2v) is 11.2. The maximum absolute atomic E-state index is 13.2. The number of Topliss-reactive ketones (excluding diaryl/α,β-unsaturated/α-hetero) is 1. The van der Waals surface area contributed by atoms with Gasteiger partial charge in [-0.2, -0.15) is 13.2 Å². The highest BCUT2D eigenvalue weighted by atomic mass is 79.9. The van der Waals surface area contributed by atoms with Gasteiger partial charge in [-0.15, -0.1) is 0 Å². The number of carbonyl (C=O) groups excluding carboxylic acids is 2. The van der Waals surface area contributed by atoms with Crippen LogP contribution in [-0.2, 0) is 27.8 Å². The maximum atomic E-state index is 13.2. The van der Waals surface area contributed by atoms with E-state index in [1.165, 1.54) is 16.7 Å². The van der Waals surface area contributed by atoms with Gasteiger partial charge in [-0.1, -0.05) is 58.4 Å². The maximum Gasteiger partial charge on any atom is 0.472 e. The van der Waals surface area contributed by atoms with Gasteiger partial charge >= 0.3 is 12.1 Å². The Labute approximate surface area is 229 Å². The number of nitrogens with one attached hydrogen (secondary N) is 1. The van der Waals surface area contributed by atoms with E-state index < -0.39 is 27.0 Å². The van der Waals surface area contributed by atoms with Crippen molar-refractivity contribution in [2.45, 2.75) is 30.5 Å². The first-order valence-electron chi connectivity index (χ1n) is 11.5. The van der Waals surface area contributed by atoms with Crippen molar-refractivity contribution in [1.29, 1.82) is 0 Å². The highest BCUT2D eigenvalue weighted by Gasteiger charge is 2.41. The third-order valence-corrected chi connectivity index (χ3v) is 7.76. The molecule has 0 aliphatic rings. The molecule has 0 aliphatic carbocycles. The minimum atomic E-state index is -5.36. The highest BCUT2D eigenvalue weighted by Crippen LogP contribution is 2.23. The fourth-order valence-electron chi connectivity index (χ4n) is 3.98. The number of rotatable bonds is 8. The standard InChI is InChI=1S/C27H20BrF3N2O5S/c28-20-9-12-22-23(14-20)19(8-13-24(34)18-4-2-1-3-5-18)16-33(25(22)35)15-17-6-10-21(11-7-17)39(37,38)32-26(36)27(29,30)31/h1-7,9-12,14,16H,8,13,15H2,(H,32,36). The number of halogens is 4. The smallest absolute Gasteiger partial charge is 0.310 e. The van der Waals surface area contributed by atoms with Crippen LogP contribution >= 0.6 is 15.9 Å². The number of sulfonamides is 1. The molecule has 4 aromatic rings. The minimum Gasteiger partial charge on any atom is -0.310 e. The molecule has 0 radical (unpaired) electrons. The summed E-state index contributed by atoms with van der Waals surface area (Å²) in [6.07, 6.45) is -3.15. The van der Waals surface area contributed by atoms with Gasteiger partial charge in [-0.3, -0.25) is 14.4 Å². The summed E-state index contributed by atoms with van der Waals surface area (Å²) >= 11 is 3.42. The van der Waals surface area contributed by atoms with Gasteiger partial charge in [0.2, 0.25) is 0 Å². The molecule has 0 spiro atoms. The quantitative estimate of drug-likeness (QED) is 0.280. The van der Waals surface area contributed by atoms with Crippen LogP contribution in [0, 0.1) is 0 Å². The number of hydrogen-bond acceptors (Lipinski definition) is 5. The van der Waals surface area contributed by atoms with Crippen LogP contribution in [0.15, 0.2) is 93.2 Å². The molecule has 0 saturated carbocycles. The molecule has 7 nitrogen and oxygen atoms in total. The molecule has 12 heteroatoms. The lowest BCUT2D eigenvalue weighted by Crippen LogP contribution is -2.40. The van der Waals surface area contributed by atoms with Crippen molar-refractivity contribution >= 4 is 48.4 Å². The second kappa shape index (κ2) is 11.1. The number of pyridine rings is 1. The zero-order valence-corrected chi connectivity index (χ0v) is 22.4. The first-order chi connectivity index (χ1) is 18.3. The van der Waals surface area contributed by atoms with Crippen LogP contribution in [0.5, 0.6) is 0 Å². The molecule has 1 aromatic heterocycles. The molecule has 1 amide bonds. The van der Waals surface area contributed by atoms with Crippen molar-refractivity contribution in [1.82, 2.24) is 9.29 Å². The Bertz CT molecular complexity index is 1720. The number of fused-ring (bicyclic) bond motifs is 1. The van der Waals surface area contributed by atoms with E-state index in [1.54, 1.807) is 48.7 Å². The number of aromatic nitrogens is 1. The Kier molecular flexibility index (Phi) is 8.07. The van der Waals surface area contributed by atoms with Crippen molar-refractivity contribution in [3.05, 3.63) is 111 Å². The lowest BCUT2D eigenvalue weighted by atomic mass is 9.99. The number of alkyl halides is 3. The topological polar surface area (TPSA) is 102 Å². The molecule has 0 atom stereocenters. The predicted molar refractivity (Wildman–Crippen MR) is 142 cm³/mol. The fraction of sp³-hybridized carbons (Fsp3) is 0.148. The number of aryl methyl sites for hydroxylation is 1. The summed E-state index contributed by atoms with van der Waals surface area (Å²) in [4.78, 5) is 36.4. The summed E-state index contributed by atoms with van der Waals surface area (Å²) in [7, 11) is -4.74. The summed E-state index contributed by atoms with van der Waals surface area (Å²) < 4.78 is 64.8. The van der Waals surface area contributed by atoms with Gasteiger partial charge in [0, 0.05) is 28.0 Å². The van der Waals surface area contributed by atoms with Gasteiger partial charge in [0.1, 0.15) is 0 Å². The number of benzene rings is 3. The van der Waals surface area contributed by atoms with Gasteiger partial charge in [0.25, 0.3) is 15.6 Å². The molecule has 0 bridgehead atoms. The van der Waals surface area contributed by atoms with Crippen molar-refractivity contribution in [2.24, 2.45) is 0 Å². The van der Waals surface area contributed by atoms with E-state index in [4.69, 9.17) is 0 Å². The molecule has 0 aliphatic heterocycles. The largest absolute Gasteiger partial charge is 0.472 e. The van der Waals surface area contributed by atoms with E-state index in [0.29, 0.717) is 28.3 Å². The number of amides is 1. The Balaban J connectivity index is 1.61. The van der Waals surface area contributed by atoms with Crippen molar-refractivity contribution in [3.63, 3.8) is 0 Å². The monoisotopic (exact) mass is 620 g/mol. The number of nitrogens with zero attached hydrogens (tertiary/aromatic N) is 1. The SMILES string of the molecule is O=C(CCc1cn(Cc2ccc(S(=O)(=O)NC(=O)C(F)(F)F)cc2)c(=O)c2ccc(Br)cc12)c1ccccc1. The molecule has 4 rings (SSSR count). The third-order valence-electron chi connectivity index (χ3n) is 5.92. The van der Waals surface area contributed by atoms with Crippen LogP contribution in [-0.4, -0.2) is 30.9 Å². The zero-order valence-electron chi connectivity index (χ0n) is 20.0. The fourth-order valence-corrected chi connectivity index (χ4v) is 5.32. The summed E-state index contributed by atoms with van der Waals surface area (Å²) in [6.45, 7) is 0.0275. The van der Waals surface area contributed by atoms with E-state index in [0.717, 1.165) is 26.9 Å². The summed E-state index contributed by atoms with van der Waals surface area (Å²) in [5.41, 5.74) is 1.51. The third kappa shape index (κ3) is 6.63. The average Bonchev–Trinajstić information content (AvgIpc) is 2.89. The Morgan fingerprint density at radius 3 is 2.23 bits per heavy atom. The molecule has 39 heavy (non-hydrogen) atoms. The average molecular weight is 621 g/mol. The van der Waals surface area contributed by atoms with Gasteiger partial charge in [0.05, 0.1) is 11.4 Å². The van der Waals surface area contributed by atoms with Crippen LogP contribution in [0.1, 0.15) is 27.9 Å². The number of hydrogen-bond donors (Lipinski definition) is 1. The molecule has 0 saturated heterocycles. The molecule has 1 heterocycles. The van der Waals surface area contributed by atoms with E-state index in [1.807, 2.05) is 6.07 Å². The molecular weight excluding hydrogens is 601 g/mol. The summed E-state index contributed by atoms with van der Waals surface area (Å²) in [5, 5.41) is 1.12. The minimum absolute atomic E-state index is 0.0275. The lowest BCUT2D eigenvalue weighted by Gasteiger charge is -2.14. The van der Waals surface area contributed by atoms with Gasteiger partial charge < -0.3 is 4.57 Å². The second-order valence-electron chi connectivity index (χ2n) is 8.64. The Hall–Kier alpha value is -3.77. The summed E-state index contributed by atoms with van der Waals surface area (Å²) in [5.74, 6) is -2.65. The Morgan fingerprint density at radius 1 is 0.923 bits per heavy atom. The van der Waals surface area contributed by atoms with Crippen molar-refractivity contribution < 1.29 is 31.2 Å². The van der Waals surface area contributed by atoms with E-state index >= 15 is 0 Å².